The van der Waals surface area contributed by atoms with Crippen LogP contribution in [0.5, 0.6) is 0 Å². The zero-order valence-corrected chi connectivity index (χ0v) is 11.7. The van der Waals surface area contributed by atoms with E-state index in [0.29, 0.717) is 0 Å². The first-order valence-corrected chi connectivity index (χ1v) is 7.19. The minimum atomic E-state index is 0.896. The first-order valence-electron chi connectivity index (χ1n) is 7.19. The lowest BCUT2D eigenvalue weighted by Crippen LogP contribution is -2.32. The number of pyridine rings is 1. The van der Waals surface area contributed by atoms with Gasteiger partial charge in [-0.25, -0.2) is 4.98 Å². The molecular formula is C15H25N3. The van der Waals surface area contributed by atoms with Gasteiger partial charge in [0.15, 0.2) is 0 Å². The Morgan fingerprint density at radius 1 is 1.39 bits per heavy atom. The summed E-state index contributed by atoms with van der Waals surface area (Å²) < 4.78 is 0. The molecule has 1 aliphatic heterocycles. The normalized spacial score (nSPS) is 17.9. The van der Waals surface area contributed by atoms with Crippen molar-refractivity contribution in [2.75, 3.05) is 25.0 Å². The fourth-order valence-corrected chi connectivity index (χ4v) is 2.43. The average molecular weight is 247 g/mol. The quantitative estimate of drug-likeness (QED) is 0.866. The molecular weight excluding hydrogens is 222 g/mol. The van der Waals surface area contributed by atoms with Crippen molar-refractivity contribution in [3.63, 3.8) is 0 Å². The molecule has 1 N–H and O–H groups in total. The molecule has 0 saturated carbocycles. The van der Waals surface area contributed by atoms with E-state index in [2.05, 4.69) is 35.1 Å². The van der Waals surface area contributed by atoms with Gasteiger partial charge in [0.1, 0.15) is 5.82 Å². The maximum Gasteiger partial charge on any atom is 0.130 e. The first-order chi connectivity index (χ1) is 8.79. The van der Waals surface area contributed by atoms with Crippen LogP contribution < -0.4 is 5.32 Å². The van der Waals surface area contributed by atoms with Crippen molar-refractivity contribution in [1.82, 2.24) is 9.88 Å². The standard InChI is InChI=1S/C15H25N3/c1-3-8-16-15-14(5-4-9-17-15)12-18-10-6-13(2)7-11-18/h4-5,9,13H,3,6-8,10-12H2,1-2H3,(H,16,17). The minimum absolute atomic E-state index is 0.896. The zero-order chi connectivity index (χ0) is 12.8. The van der Waals surface area contributed by atoms with Crippen molar-refractivity contribution in [1.29, 1.82) is 0 Å². The highest BCUT2D eigenvalue weighted by Gasteiger charge is 2.16. The van der Waals surface area contributed by atoms with Crippen molar-refractivity contribution < 1.29 is 0 Å². The van der Waals surface area contributed by atoms with Gasteiger partial charge in [0, 0.05) is 24.8 Å². The lowest BCUT2D eigenvalue weighted by Gasteiger charge is -2.30. The fourth-order valence-electron chi connectivity index (χ4n) is 2.43. The smallest absolute Gasteiger partial charge is 0.130 e. The van der Waals surface area contributed by atoms with Gasteiger partial charge in [0.2, 0.25) is 0 Å². The molecule has 1 aliphatic rings. The third kappa shape index (κ3) is 3.70. The van der Waals surface area contributed by atoms with Gasteiger partial charge in [-0.2, -0.15) is 0 Å². The van der Waals surface area contributed by atoms with Gasteiger partial charge in [-0.05, 0) is 44.3 Å². The second kappa shape index (κ2) is 6.74. The van der Waals surface area contributed by atoms with E-state index in [-0.39, 0.29) is 0 Å². The molecule has 3 nitrogen and oxygen atoms in total. The van der Waals surface area contributed by atoms with Crippen molar-refractivity contribution in [2.24, 2.45) is 5.92 Å². The number of anilines is 1. The van der Waals surface area contributed by atoms with Crippen LogP contribution >= 0.6 is 0 Å². The van der Waals surface area contributed by atoms with Gasteiger partial charge < -0.3 is 5.32 Å². The zero-order valence-electron chi connectivity index (χ0n) is 11.7. The minimum Gasteiger partial charge on any atom is -0.370 e. The second-order valence-electron chi connectivity index (χ2n) is 5.40. The summed E-state index contributed by atoms with van der Waals surface area (Å²) in [7, 11) is 0. The molecule has 1 aromatic heterocycles. The summed E-state index contributed by atoms with van der Waals surface area (Å²) >= 11 is 0. The molecule has 0 aliphatic carbocycles. The highest BCUT2D eigenvalue weighted by molar-refractivity contribution is 5.43. The Hall–Kier alpha value is -1.09. The number of rotatable bonds is 5. The molecule has 0 unspecified atom stereocenters. The van der Waals surface area contributed by atoms with E-state index in [1.807, 2.05) is 12.3 Å². The van der Waals surface area contributed by atoms with Gasteiger partial charge in [0.25, 0.3) is 0 Å². The van der Waals surface area contributed by atoms with Crippen molar-refractivity contribution in [3.8, 4) is 0 Å². The summed E-state index contributed by atoms with van der Waals surface area (Å²) in [6, 6.07) is 4.24. The summed E-state index contributed by atoms with van der Waals surface area (Å²) in [5.74, 6) is 1.96. The molecule has 1 saturated heterocycles. The van der Waals surface area contributed by atoms with Crippen LogP contribution in [0.4, 0.5) is 5.82 Å². The molecule has 1 aromatic rings. The van der Waals surface area contributed by atoms with E-state index < -0.39 is 0 Å². The second-order valence-corrected chi connectivity index (χ2v) is 5.40. The molecule has 18 heavy (non-hydrogen) atoms. The Bertz CT molecular complexity index is 357. The molecule has 1 fully saturated rings. The van der Waals surface area contributed by atoms with E-state index in [0.717, 1.165) is 31.2 Å². The fraction of sp³-hybridized carbons (Fsp3) is 0.667. The molecule has 0 spiro atoms. The number of piperidine rings is 1. The molecule has 0 radical (unpaired) electrons. The predicted molar refractivity (Wildman–Crippen MR) is 76.7 cm³/mol. The molecule has 2 heterocycles. The van der Waals surface area contributed by atoms with Crippen LogP contribution in [0.1, 0.15) is 38.7 Å². The van der Waals surface area contributed by atoms with Gasteiger partial charge in [-0.1, -0.05) is 19.9 Å². The predicted octanol–water partition coefficient (Wildman–Crippen LogP) is 3.14. The largest absolute Gasteiger partial charge is 0.370 e. The van der Waals surface area contributed by atoms with Crippen LogP contribution in [-0.4, -0.2) is 29.5 Å². The van der Waals surface area contributed by atoms with Crippen molar-refractivity contribution in [2.45, 2.75) is 39.7 Å². The summed E-state index contributed by atoms with van der Waals surface area (Å²) in [5.41, 5.74) is 1.33. The number of likely N-dealkylation sites (tertiary alicyclic amines) is 1. The van der Waals surface area contributed by atoms with E-state index in [9.17, 15) is 0 Å². The summed E-state index contributed by atoms with van der Waals surface area (Å²) in [5, 5.41) is 3.42. The molecule has 0 atom stereocenters. The molecule has 3 heteroatoms. The van der Waals surface area contributed by atoms with Crippen LogP contribution in [0.3, 0.4) is 0 Å². The summed E-state index contributed by atoms with van der Waals surface area (Å²) in [6.45, 7) is 9.03. The Kier molecular flexibility index (Phi) is 5.00. The molecule has 0 bridgehead atoms. The third-order valence-corrected chi connectivity index (χ3v) is 3.70. The molecule has 2 rings (SSSR count). The average Bonchev–Trinajstić information content (AvgIpc) is 2.40. The van der Waals surface area contributed by atoms with Gasteiger partial charge in [-0.15, -0.1) is 0 Å². The Labute approximate surface area is 111 Å². The van der Waals surface area contributed by atoms with E-state index in [4.69, 9.17) is 0 Å². The Balaban J connectivity index is 1.95. The number of hydrogen-bond acceptors (Lipinski definition) is 3. The van der Waals surface area contributed by atoms with Crippen LogP contribution in [0, 0.1) is 5.92 Å². The maximum absolute atomic E-state index is 4.46. The number of aromatic nitrogens is 1. The summed E-state index contributed by atoms with van der Waals surface area (Å²) in [6.07, 6.45) is 5.67. The summed E-state index contributed by atoms with van der Waals surface area (Å²) in [4.78, 5) is 7.01. The molecule has 100 valence electrons. The Morgan fingerprint density at radius 2 is 2.17 bits per heavy atom. The molecule has 0 aromatic carbocycles. The van der Waals surface area contributed by atoms with E-state index in [1.54, 1.807) is 0 Å². The van der Waals surface area contributed by atoms with Crippen molar-refractivity contribution in [3.05, 3.63) is 23.9 Å². The first kappa shape index (κ1) is 13.3. The monoisotopic (exact) mass is 247 g/mol. The Morgan fingerprint density at radius 3 is 2.89 bits per heavy atom. The SMILES string of the molecule is CCCNc1ncccc1CN1CCC(C)CC1. The van der Waals surface area contributed by atoms with Gasteiger partial charge in [-0.3, -0.25) is 4.90 Å². The van der Waals surface area contributed by atoms with Gasteiger partial charge >= 0.3 is 0 Å². The van der Waals surface area contributed by atoms with E-state index >= 15 is 0 Å². The number of nitrogens with zero attached hydrogens (tertiary/aromatic N) is 2. The van der Waals surface area contributed by atoms with Crippen LogP contribution in [-0.2, 0) is 6.54 Å². The number of hydrogen-bond donors (Lipinski definition) is 1. The lowest BCUT2D eigenvalue weighted by atomic mass is 9.99. The number of nitrogens with one attached hydrogen (secondary N) is 1. The molecule has 0 amide bonds. The van der Waals surface area contributed by atoms with Crippen LogP contribution in [0.15, 0.2) is 18.3 Å². The van der Waals surface area contributed by atoms with Crippen LogP contribution in [0.2, 0.25) is 0 Å². The lowest BCUT2D eigenvalue weighted by molar-refractivity contribution is 0.185. The third-order valence-electron chi connectivity index (χ3n) is 3.70. The highest BCUT2D eigenvalue weighted by atomic mass is 15.1. The highest BCUT2D eigenvalue weighted by Crippen LogP contribution is 2.20. The van der Waals surface area contributed by atoms with Gasteiger partial charge in [0.05, 0.1) is 0 Å². The van der Waals surface area contributed by atoms with Crippen molar-refractivity contribution >= 4 is 5.82 Å². The van der Waals surface area contributed by atoms with Crippen LogP contribution in [0.25, 0.3) is 0 Å². The van der Waals surface area contributed by atoms with E-state index in [1.165, 1.54) is 31.5 Å². The topological polar surface area (TPSA) is 28.2 Å². The maximum atomic E-state index is 4.46.